The minimum absolute atomic E-state index is 0.104. The molecule has 0 aromatic heterocycles. The zero-order chi connectivity index (χ0) is 11.8. The Bertz CT molecular complexity index is 294. The van der Waals surface area contributed by atoms with E-state index in [1.54, 1.807) is 0 Å². The Morgan fingerprint density at radius 3 is 2.20 bits per heavy atom. The van der Waals surface area contributed by atoms with E-state index in [4.69, 9.17) is 0 Å². The van der Waals surface area contributed by atoms with Crippen LogP contribution in [0.3, 0.4) is 0 Å². The normalized spacial score (nSPS) is 19.1. The van der Waals surface area contributed by atoms with E-state index in [0.29, 0.717) is 24.8 Å². The van der Waals surface area contributed by atoms with E-state index in [2.05, 4.69) is 46.4 Å². The second-order valence-electron chi connectivity index (χ2n) is 5.75. The van der Waals surface area contributed by atoms with Gasteiger partial charge in [-0.3, -0.25) is 4.79 Å². The molecule has 1 heterocycles. The molecule has 0 atom stereocenters. The third-order valence-corrected chi connectivity index (χ3v) is 3.12. The summed E-state index contributed by atoms with van der Waals surface area (Å²) >= 11 is 0. The molecule has 0 spiro atoms. The summed E-state index contributed by atoms with van der Waals surface area (Å²) < 4.78 is 0. The Hall–Kier alpha value is -0.790. The Kier molecular flexibility index (Phi) is 3.27. The van der Waals surface area contributed by atoms with Crippen LogP contribution in [0.2, 0.25) is 0 Å². The van der Waals surface area contributed by atoms with Gasteiger partial charge in [0, 0.05) is 18.2 Å². The number of hydrogen-bond acceptors (Lipinski definition) is 2. The summed E-state index contributed by atoms with van der Waals surface area (Å²) in [6.45, 7) is 13.6. The molecule has 0 saturated heterocycles. The zero-order valence-corrected chi connectivity index (χ0v) is 10.8. The largest absolute Gasteiger partial charge is 0.365 e. The highest BCUT2D eigenvalue weighted by molar-refractivity contribution is 5.84. The summed E-state index contributed by atoms with van der Waals surface area (Å²) in [5, 5.41) is 0. The number of carbonyl (C=O) groups excluding carboxylic acids is 1. The van der Waals surface area contributed by atoms with Crippen LogP contribution in [0, 0.1) is 5.41 Å². The fourth-order valence-corrected chi connectivity index (χ4v) is 2.24. The lowest BCUT2D eigenvalue weighted by Crippen LogP contribution is -2.40. The van der Waals surface area contributed by atoms with Crippen LogP contribution in [0.5, 0.6) is 0 Å². The molecule has 1 rings (SSSR count). The predicted octanol–water partition coefficient (Wildman–Crippen LogP) is 2.99. The van der Waals surface area contributed by atoms with Gasteiger partial charge in [-0.1, -0.05) is 20.8 Å². The summed E-state index contributed by atoms with van der Waals surface area (Å²) in [7, 11) is 0. The molecule has 0 radical (unpaired) electrons. The Labute approximate surface area is 93.3 Å². The Morgan fingerprint density at radius 1 is 1.27 bits per heavy atom. The summed E-state index contributed by atoms with van der Waals surface area (Å²) in [6.07, 6.45) is 0.637. The molecule has 1 aliphatic heterocycles. The third kappa shape index (κ3) is 2.61. The van der Waals surface area contributed by atoms with Crippen LogP contribution in [-0.4, -0.2) is 23.3 Å². The molecule has 2 heteroatoms. The van der Waals surface area contributed by atoms with Gasteiger partial charge in [-0.05, 0) is 31.8 Å². The van der Waals surface area contributed by atoms with E-state index in [-0.39, 0.29) is 5.41 Å². The van der Waals surface area contributed by atoms with Crippen LogP contribution in [0.4, 0.5) is 0 Å². The molecule has 0 N–H and O–H groups in total. The first-order chi connectivity index (χ1) is 6.73. The van der Waals surface area contributed by atoms with Crippen molar-refractivity contribution in [3.8, 4) is 0 Å². The van der Waals surface area contributed by atoms with Crippen molar-refractivity contribution in [2.24, 2.45) is 5.41 Å². The van der Waals surface area contributed by atoms with Crippen molar-refractivity contribution in [3.05, 3.63) is 11.3 Å². The van der Waals surface area contributed by atoms with Crippen molar-refractivity contribution in [1.82, 2.24) is 4.90 Å². The van der Waals surface area contributed by atoms with Crippen LogP contribution >= 0.6 is 0 Å². The molecule has 86 valence electrons. The highest BCUT2D eigenvalue weighted by Crippen LogP contribution is 2.35. The van der Waals surface area contributed by atoms with E-state index in [9.17, 15) is 4.79 Å². The first-order valence-corrected chi connectivity index (χ1v) is 5.72. The molecule has 0 aliphatic carbocycles. The van der Waals surface area contributed by atoms with Crippen LogP contribution in [0.1, 0.15) is 48.0 Å². The molecule has 15 heavy (non-hydrogen) atoms. The highest BCUT2D eigenvalue weighted by Gasteiger charge is 2.30. The van der Waals surface area contributed by atoms with Crippen molar-refractivity contribution in [2.75, 3.05) is 6.54 Å². The van der Waals surface area contributed by atoms with Gasteiger partial charge in [0.25, 0.3) is 0 Å². The number of hydrogen-bond donors (Lipinski definition) is 0. The predicted molar refractivity (Wildman–Crippen MR) is 63.6 cm³/mol. The number of rotatable bonds is 1. The van der Waals surface area contributed by atoms with E-state index < -0.39 is 0 Å². The number of ketones is 1. The number of Topliss-reactive ketones (excluding diaryl/α,β-unsaturated/α-hetero) is 1. The molecular formula is C13H23NO. The monoisotopic (exact) mass is 209 g/mol. The first kappa shape index (κ1) is 12.3. The highest BCUT2D eigenvalue weighted by atomic mass is 16.1. The van der Waals surface area contributed by atoms with Gasteiger partial charge in [0.15, 0.2) is 5.78 Å². The Morgan fingerprint density at radius 2 is 1.80 bits per heavy atom. The van der Waals surface area contributed by atoms with Crippen molar-refractivity contribution >= 4 is 5.78 Å². The van der Waals surface area contributed by atoms with Crippen LogP contribution in [0.15, 0.2) is 11.3 Å². The molecule has 1 aliphatic rings. The minimum Gasteiger partial charge on any atom is -0.365 e. The van der Waals surface area contributed by atoms with Crippen molar-refractivity contribution < 1.29 is 4.79 Å². The number of nitrogens with zero attached hydrogens (tertiary/aromatic N) is 1. The average molecular weight is 209 g/mol. The summed E-state index contributed by atoms with van der Waals surface area (Å²) in [5.41, 5.74) is 2.71. The SMILES string of the molecule is CC1=C(C(C)(C)C)CC(=O)CN1C(C)C. The van der Waals surface area contributed by atoms with Crippen molar-refractivity contribution in [3.63, 3.8) is 0 Å². The summed E-state index contributed by atoms with van der Waals surface area (Å²) in [5.74, 6) is 0.347. The van der Waals surface area contributed by atoms with Gasteiger partial charge in [-0.15, -0.1) is 0 Å². The molecule has 0 saturated carbocycles. The van der Waals surface area contributed by atoms with E-state index >= 15 is 0 Å². The second-order valence-corrected chi connectivity index (χ2v) is 5.75. The lowest BCUT2D eigenvalue weighted by Gasteiger charge is -2.38. The molecular weight excluding hydrogens is 186 g/mol. The van der Waals surface area contributed by atoms with Crippen LogP contribution < -0.4 is 0 Å². The standard InChI is InChI=1S/C13H23NO/c1-9(2)14-8-11(15)7-12(10(14)3)13(4,5)6/h9H,7-8H2,1-6H3. The fraction of sp³-hybridized carbons (Fsp3) is 0.769. The number of carbonyl (C=O) groups is 1. The summed E-state index contributed by atoms with van der Waals surface area (Å²) in [6, 6.07) is 0.409. The van der Waals surface area contributed by atoms with Gasteiger partial charge in [0.1, 0.15) is 0 Å². The maximum Gasteiger partial charge on any atom is 0.156 e. The fourth-order valence-electron chi connectivity index (χ4n) is 2.24. The van der Waals surface area contributed by atoms with Gasteiger partial charge in [-0.2, -0.15) is 0 Å². The van der Waals surface area contributed by atoms with Crippen LogP contribution in [0.25, 0.3) is 0 Å². The third-order valence-electron chi connectivity index (χ3n) is 3.12. The molecule has 0 unspecified atom stereocenters. The number of allylic oxidation sites excluding steroid dienone is 2. The van der Waals surface area contributed by atoms with E-state index in [1.165, 1.54) is 11.3 Å². The van der Waals surface area contributed by atoms with E-state index in [1.807, 2.05) is 0 Å². The lowest BCUT2D eigenvalue weighted by atomic mass is 9.80. The van der Waals surface area contributed by atoms with Crippen LogP contribution in [-0.2, 0) is 4.79 Å². The van der Waals surface area contributed by atoms with E-state index in [0.717, 1.165) is 0 Å². The van der Waals surface area contributed by atoms with Gasteiger partial charge >= 0.3 is 0 Å². The second kappa shape index (κ2) is 3.99. The van der Waals surface area contributed by atoms with Gasteiger partial charge in [0.2, 0.25) is 0 Å². The molecule has 0 amide bonds. The van der Waals surface area contributed by atoms with Crippen molar-refractivity contribution in [1.29, 1.82) is 0 Å². The maximum atomic E-state index is 11.7. The molecule has 0 bridgehead atoms. The molecule has 0 aromatic carbocycles. The van der Waals surface area contributed by atoms with Gasteiger partial charge in [-0.25, -0.2) is 0 Å². The zero-order valence-electron chi connectivity index (χ0n) is 10.8. The average Bonchev–Trinajstić information content (AvgIpc) is 2.06. The maximum absolute atomic E-state index is 11.7. The molecule has 0 fully saturated rings. The lowest BCUT2D eigenvalue weighted by molar-refractivity contribution is -0.120. The van der Waals surface area contributed by atoms with Crippen molar-refractivity contribution in [2.45, 2.75) is 54.0 Å². The smallest absolute Gasteiger partial charge is 0.156 e. The Balaban J connectivity index is 3.11. The molecule has 2 nitrogen and oxygen atoms in total. The molecule has 0 aromatic rings. The van der Waals surface area contributed by atoms with Gasteiger partial charge in [0.05, 0.1) is 6.54 Å². The quantitative estimate of drug-likeness (QED) is 0.661. The minimum atomic E-state index is 0.104. The first-order valence-electron chi connectivity index (χ1n) is 5.72. The summed E-state index contributed by atoms with van der Waals surface area (Å²) in [4.78, 5) is 13.9. The van der Waals surface area contributed by atoms with Gasteiger partial charge < -0.3 is 4.90 Å². The topological polar surface area (TPSA) is 20.3 Å².